The lowest BCUT2D eigenvalue weighted by Gasteiger charge is -1.96. The van der Waals surface area contributed by atoms with Crippen LogP contribution in [0.25, 0.3) is 0 Å². The first-order chi connectivity index (χ1) is 7.30. The number of hydrogen-bond acceptors (Lipinski definition) is 0. The third kappa shape index (κ3) is 3.58. The van der Waals surface area contributed by atoms with Gasteiger partial charge in [-0.25, -0.2) is 9.13 Å². The fourth-order valence-electron chi connectivity index (χ4n) is 1.34. The number of aromatic nitrogens is 2. The van der Waals surface area contributed by atoms with E-state index < -0.39 is 0 Å². The third-order valence-corrected chi connectivity index (χ3v) is 2.24. The lowest BCUT2D eigenvalue weighted by atomic mass is 10.2. The Kier molecular flexibility index (Phi) is 4.61. The molecule has 1 aromatic rings. The van der Waals surface area contributed by atoms with Crippen molar-refractivity contribution < 1.29 is 4.57 Å². The van der Waals surface area contributed by atoms with Crippen LogP contribution >= 0.6 is 0 Å². The second-order valence-electron chi connectivity index (χ2n) is 3.39. The molecular weight excluding hydrogens is 184 g/mol. The van der Waals surface area contributed by atoms with Crippen LogP contribution < -0.4 is 4.57 Å². The Balaban J connectivity index is 2.70. The Labute approximate surface area is 91.9 Å². The summed E-state index contributed by atoms with van der Waals surface area (Å²) >= 11 is 0. The molecule has 80 valence electrons. The molecule has 0 fully saturated rings. The second kappa shape index (κ2) is 6.02. The predicted molar refractivity (Wildman–Crippen MR) is 63.4 cm³/mol. The Hall–Kier alpha value is -1.57. The highest BCUT2D eigenvalue weighted by Crippen LogP contribution is 1.97. The van der Waals surface area contributed by atoms with Gasteiger partial charge in [-0.05, 0) is 19.4 Å². The molecule has 0 unspecified atom stereocenters. The highest BCUT2D eigenvalue weighted by atomic mass is 15.1. The molecule has 2 nitrogen and oxygen atoms in total. The molecule has 15 heavy (non-hydrogen) atoms. The fourth-order valence-corrected chi connectivity index (χ4v) is 1.34. The van der Waals surface area contributed by atoms with Crippen molar-refractivity contribution in [3.63, 3.8) is 0 Å². The molecular formula is C13H19N2+. The van der Waals surface area contributed by atoms with Crippen molar-refractivity contribution in [2.24, 2.45) is 0 Å². The van der Waals surface area contributed by atoms with E-state index in [2.05, 4.69) is 47.4 Å². The van der Waals surface area contributed by atoms with E-state index in [9.17, 15) is 0 Å². The van der Waals surface area contributed by atoms with Crippen molar-refractivity contribution in [1.29, 1.82) is 0 Å². The highest BCUT2D eigenvalue weighted by molar-refractivity contribution is 5.20. The van der Waals surface area contributed by atoms with E-state index in [1.807, 2.05) is 25.2 Å². The molecule has 1 heterocycles. The van der Waals surface area contributed by atoms with E-state index in [0.29, 0.717) is 0 Å². The van der Waals surface area contributed by atoms with Crippen molar-refractivity contribution in [2.75, 3.05) is 0 Å². The average molecular weight is 203 g/mol. The van der Waals surface area contributed by atoms with Gasteiger partial charge in [-0.1, -0.05) is 30.9 Å². The standard InChI is InChI=1S/C13H19N2/c1-4-7-8-13(5-2)11-15-10-9-14(6-3)12-15/h4-5,7-10,12H,2,6,11H2,1,3H3/q+1/b7-4-,13-8+. The molecule has 0 N–H and O–H groups in total. The van der Waals surface area contributed by atoms with Crippen molar-refractivity contribution >= 4 is 0 Å². The Morgan fingerprint density at radius 2 is 2.33 bits per heavy atom. The van der Waals surface area contributed by atoms with Crippen LogP contribution in [-0.2, 0) is 13.1 Å². The molecule has 1 rings (SSSR count). The third-order valence-electron chi connectivity index (χ3n) is 2.24. The van der Waals surface area contributed by atoms with Crippen LogP contribution in [0.3, 0.4) is 0 Å². The molecule has 0 aliphatic carbocycles. The van der Waals surface area contributed by atoms with Crippen LogP contribution in [0.5, 0.6) is 0 Å². The van der Waals surface area contributed by atoms with Crippen LogP contribution in [0.2, 0.25) is 0 Å². The zero-order chi connectivity index (χ0) is 11.1. The fraction of sp³-hybridized carbons (Fsp3) is 0.308. The monoisotopic (exact) mass is 203 g/mol. The molecule has 1 aromatic heterocycles. The number of allylic oxidation sites excluding steroid dienone is 5. The summed E-state index contributed by atoms with van der Waals surface area (Å²) in [6, 6.07) is 0. The van der Waals surface area contributed by atoms with E-state index in [-0.39, 0.29) is 0 Å². The lowest BCUT2D eigenvalue weighted by molar-refractivity contribution is -0.688. The van der Waals surface area contributed by atoms with Gasteiger partial charge < -0.3 is 0 Å². The zero-order valence-corrected chi connectivity index (χ0v) is 9.56. The number of aryl methyl sites for hydroxylation is 1. The number of rotatable bonds is 5. The molecule has 0 aliphatic rings. The molecule has 2 heteroatoms. The molecule has 0 bridgehead atoms. The van der Waals surface area contributed by atoms with Gasteiger partial charge in [0, 0.05) is 0 Å². The van der Waals surface area contributed by atoms with E-state index in [1.54, 1.807) is 0 Å². The van der Waals surface area contributed by atoms with Gasteiger partial charge in [0.25, 0.3) is 0 Å². The predicted octanol–water partition coefficient (Wildman–Crippen LogP) is 2.48. The van der Waals surface area contributed by atoms with Crippen molar-refractivity contribution in [3.05, 3.63) is 55.2 Å². The Morgan fingerprint density at radius 3 is 2.87 bits per heavy atom. The summed E-state index contributed by atoms with van der Waals surface area (Å²) in [5, 5.41) is 0. The summed E-state index contributed by atoms with van der Waals surface area (Å²) in [6.45, 7) is 9.84. The van der Waals surface area contributed by atoms with Crippen LogP contribution in [0, 0.1) is 0 Å². The maximum Gasteiger partial charge on any atom is 0.244 e. The number of imidazole rings is 1. The first-order valence-corrected chi connectivity index (χ1v) is 5.29. The smallest absolute Gasteiger partial charge is 0.237 e. The van der Waals surface area contributed by atoms with Crippen LogP contribution in [0.1, 0.15) is 13.8 Å². The maximum atomic E-state index is 3.81. The Morgan fingerprint density at radius 1 is 1.53 bits per heavy atom. The zero-order valence-electron chi connectivity index (χ0n) is 9.56. The average Bonchev–Trinajstić information content (AvgIpc) is 2.71. The second-order valence-corrected chi connectivity index (χ2v) is 3.39. The molecule has 0 spiro atoms. The minimum atomic E-state index is 0.876. The normalized spacial score (nSPS) is 12.3. The van der Waals surface area contributed by atoms with Gasteiger partial charge in [0.1, 0.15) is 18.9 Å². The minimum Gasteiger partial charge on any atom is -0.237 e. The van der Waals surface area contributed by atoms with Crippen LogP contribution in [0.15, 0.2) is 55.2 Å². The van der Waals surface area contributed by atoms with Gasteiger partial charge in [-0.2, -0.15) is 0 Å². The van der Waals surface area contributed by atoms with Gasteiger partial charge in [-0.3, -0.25) is 0 Å². The summed E-state index contributed by atoms with van der Waals surface area (Å²) in [6.07, 6.45) is 14.3. The van der Waals surface area contributed by atoms with Gasteiger partial charge in [-0.15, -0.1) is 0 Å². The molecule has 0 saturated carbocycles. The summed E-state index contributed by atoms with van der Waals surface area (Å²) in [4.78, 5) is 0. The summed E-state index contributed by atoms with van der Waals surface area (Å²) in [7, 11) is 0. The van der Waals surface area contributed by atoms with Gasteiger partial charge >= 0.3 is 0 Å². The SMILES string of the molecule is C=C/C(=C\C=C/C)C[n+]1ccn(CC)c1. The first kappa shape index (κ1) is 11.5. The molecule has 0 atom stereocenters. The summed E-state index contributed by atoms with van der Waals surface area (Å²) < 4.78 is 4.30. The molecule has 0 saturated heterocycles. The quantitative estimate of drug-likeness (QED) is 0.513. The van der Waals surface area contributed by atoms with Crippen molar-refractivity contribution in [1.82, 2.24) is 4.57 Å². The topological polar surface area (TPSA) is 8.81 Å². The molecule has 0 aromatic carbocycles. The number of hydrogen-bond donors (Lipinski definition) is 0. The minimum absolute atomic E-state index is 0.876. The van der Waals surface area contributed by atoms with Crippen LogP contribution in [-0.4, -0.2) is 4.57 Å². The van der Waals surface area contributed by atoms with Crippen LogP contribution in [0.4, 0.5) is 0 Å². The van der Waals surface area contributed by atoms with Gasteiger partial charge in [0.05, 0.1) is 6.54 Å². The molecule has 0 aliphatic heterocycles. The maximum absolute atomic E-state index is 3.81. The van der Waals surface area contributed by atoms with Gasteiger partial charge in [0.2, 0.25) is 6.33 Å². The van der Waals surface area contributed by atoms with Crippen molar-refractivity contribution in [2.45, 2.75) is 26.9 Å². The van der Waals surface area contributed by atoms with E-state index in [1.165, 1.54) is 5.57 Å². The van der Waals surface area contributed by atoms with E-state index in [4.69, 9.17) is 0 Å². The molecule has 0 radical (unpaired) electrons. The highest BCUT2D eigenvalue weighted by Gasteiger charge is 2.02. The van der Waals surface area contributed by atoms with E-state index >= 15 is 0 Å². The Bertz CT molecular complexity index is 370. The summed E-state index contributed by atoms with van der Waals surface area (Å²) in [5.41, 5.74) is 1.21. The van der Waals surface area contributed by atoms with E-state index in [0.717, 1.165) is 13.1 Å². The van der Waals surface area contributed by atoms with Gasteiger partial charge in [0.15, 0.2) is 0 Å². The van der Waals surface area contributed by atoms with Crippen molar-refractivity contribution in [3.8, 4) is 0 Å². The summed E-state index contributed by atoms with van der Waals surface area (Å²) in [5.74, 6) is 0. The molecule has 0 amide bonds. The lowest BCUT2D eigenvalue weighted by Crippen LogP contribution is -2.31. The first-order valence-electron chi connectivity index (χ1n) is 5.29. The number of nitrogens with zero attached hydrogens (tertiary/aromatic N) is 2. The largest absolute Gasteiger partial charge is 0.244 e.